The van der Waals surface area contributed by atoms with E-state index >= 15 is 0 Å². The number of nitrogens with one attached hydrogen (secondary N) is 1. The molecule has 3 rings (SSSR count). The third-order valence-corrected chi connectivity index (χ3v) is 4.72. The molecule has 1 fully saturated rings. The smallest absolute Gasteiger partial charge is 0.410 e. The van der Waals surface area contributed by atoms with Gasteiger partial charge in [-0.05, 0) is 37.2 Å². The Morgan fingerprint density at radius 2 is 2.14 bits per heavy atom. The monoisotopic (exact) mass is 291 g/mol. The van der Waals surface area contributed by atoms with Crippen molar-refractivity contribution >= 4 is 11.8 Å². The molecule has 1 aromatic carbocycles. The van der Waals surface area contributed by atoms with Crippen LogP contribution in [0.2, 0.25) is 0 Å². The molecule has 1 aromatic rings. The standard InChI is InChI=1S/C15H21N3O2.CH4/c1-15-7-8-17(3)13(15)18(4)12-6-5-10(9-11(12)15)20-14(19)16-2;/h5-6,9,13H,7-8H2,1-4H3,(H,16,19);1H4. The van der Waals surface area contributed by atoms with Gasteiger partial charge in [-0.2, -0.15) is 0 Å². The van der Waals surface area contributed by atoms with E-state index in [9.17, 15) is 4.79 Å². The molecule has 1 saturated heterocycles. The summed E-state index contributed by atoms with van der Waals surface area (Å²) in [6, 6.07) is 5.92. The van der Waals surface area contributed by atoms with Crippen LogP contribution in [0.1, 0.15) is 26.3 Å². The fraction of sp³-hybridized carbons (Fsp3) is 0.562. The Kier molecular flexibility index (Phi) is 3.89. The number of amides is 1. The Bertz CT molecular complexity index is 560. The molecular weight excluding hydrogens is 266 g/mol. The van der Waals surface area contributed by atoms with Gasteiger partial charge in [0.25, 0.3) is 0 Å². The highest BCUT2D eigenvalue weighted by atomic mass is 16.5. The highest BCUT2D eigenvalue weighted by molar-refractivity contribution is 5.72. The number of likely N-dealkylation sites (N-methyl/N-ethyl adjacent to an activating group) is 2. The van der Waals surface area contributed by atoms with E-state index in [1.54, 1.807) is 7.05 Å². The quantitative estimate of drug-likeness (QED) is 0.863. The summed E-state index contributed by atoms with van der Waals surface area (Å²) in [4.78, 5) is 16.1. The van der Waals surface area contributed by atoms with Crippen molar-refractivity contribution in [2.75, 3.05) is 32.6 Å². The molecule has 0 bridgehead atoms. The summed E-state index contributed by atoms with van der Waals surface area (Å²) < 4.78 is 5.26. The van der Waals surface area contributed by atoms with Crippen LogP contribution in [0.25, 0.3) is 0 Å². The predicted octanol–water partition coefficient (Wildman–Crippen LogP) is 2.41. The maximum atomic E-state index is 11.4. The molecule has 1 N–H and O–H groups in total. The molecule has 116 valence electrons. The highest BCUT2D eigenvalue weighted by Gasteiger charge is 2.52. The first-order valence-electron chi connectivity index (χ1n) is 6.94. The van der Waals surface area contributed by atoms with Crippen molar-refractivity contribution in [3.8, 4) is 5.75 Å². The molecule has 2 heterocycles. The number of nitrogens with zero attached hydrogens (tertiary/aromatic N) is 2. The van der Waals surface area contributed by atoms with Crippen molar-refractivity contribution in [1.82, 2.24) is 10.2 Å². The summed E-state index contributed by atoms with van der Waals surface area (Å²) in [7, 11) is 5.86. The Morgan fingerprint density at radius 3 is 2.81 bits per heavy atom. The molecular formula is C16H25N3O2. The molecule has 21 heavy (non-hydrogen) atoms. The summed E-state index contributed by atoms with van der Waals surface area (Å²) in [5, 5.41) is 2.47. The molecule has 2 aliphatic rings. The van der Waals surface area contributed by atoms with Crippen molar-refractivity contribution in [1.29, 1.82) is 0 Å². The Morgan fingerprint density at radius 1 is 1.43 bits per heavy atom. The molecule has 0 saturated carbocycles. The maximum absolute atomic E-state index is 11.4. The van der Waals surface area contributed by atoms with E-state index in [1.807, 2.05) is 18.2 Å². The van der Waals surface area contributed by atoms with Gasteiger partial charge in [0.2, 0.25) is 0 Å². The number of rotatable bonds is 1. The molecule has 0 aliphatic carbocycles. The van der Waals surface area contributed by atoms with Crippen LogP contribution in [0.15, 0.2) is 18.2 Å². The number of hydrogen-bond acceptors (Lipinski definition) is 4. The second kappa shape index (κ2) is 5.22. The first-order valence-corrected chi connectivity index (χ1v) is 6.94. The minimum absolute atomic E-state index is 0. The van der Waals surface area contributed by atoms with Gasteiger partial charge in [-0.25, -0.2) is 4.79 Å². The van der Waals surface area contributed by atoms with Crippen molar-refractivity contribution < 1.29 is 9.53 Å². The van der Waals surface area contributed by atoms with Gasteiger partial charge in [-0.3, -0.25) is 4.90 Å². The lowest BCUT2D eigenvalue weighted by Crippen LogP contribution is -2.45. The number of benzene rings is 1. The van der Waals surface area contributed by atoms with Crippen LogP contribution in [-0.2, 0) is 5.41 Å². The van der Waals surface area contributed by atoms with Gasteiger partial charge in [-0.15, -0.1) is 0 Å². The Balaban J connectivity index is 0.00000161. The fourth-order valence-corrected chi connectivity index (χ4v) is 3.78. The van der Waals surface area contributed by atoms with Crippen LogP contribution < -0.4 is 15.0 Å². The minimum atomic E-state index is -0.429. The molecule has 0 spiro atoms. The normalized spacial score (nSPS) is 26.9. The van der Waals surface area contributed by atoms with E-state index in [0.717, 1.165) is 13.0 Å². The van der Waals surface area contributed by atoms with Crippen LogP contribution in [-0.4, -0.2) is 44.8 Å². The summed E-state index contributed by atoms with van der Waals surface area (Å²) in [6.07, 6.45) is 1.07. The number of carbonyl (C=O) groups is 1. The summed E-state index contributed by atoms with van der Waals surface area (Å²) in [6.45, 7) is 3.39. The summed E-state index contributed by atoms with van der Waals surface area (Å²) in [5.74, 6) is 0.605. The zero-order chi connectivity index (χ0) is 14.5. The van der Waals surface area contributed by atoms with E-state index in [1.165, 1.54) is 11.3 Å². The molecule has 5 nitrogen and oxygen atoms in total. The van der Waals surface area contributed by atoms with Gasteiger partial charge in [0, 0.05) is 31.7 Å². The molecule has 5 heteroatoms. The van der Waals surface area contributed by atoms with Crippen LogP contribution in [0.5, 0.6) is 5.75 Å². The first-order chi connectivity index (χ1) is 9.47. The van der Waals surface area contributed by atoms with E-state index < -0.39 is 6.09 Å². The zero-order valence-corrected chi connectivity index (χ0v) is 12.4. The van der Waals surface area contributed by atoms with E-state index in [0.29, 0.717) is 11.9 Å². The number of likely N-dealkylation sites (tertiary alicyclic amines) is 1. The SMILES string of the molecule is C.CNC(=O)Oc1ccc2c(c1)C1(C)CCN(C)C1N2C. The maximum Gasteiger partial charge on any atom is 0.412 e. The molecule has 2 aliphatic heterocycles. The fourth-order valence-electron chi connectivity index (χ4n) is 3.78. The van der Waals surface area contributed by atoms with Crippen LogP contribution in [0.4, 0.5) is 10.5 Å². The lowest BCUT2D eigenvalue weighted by atomic mass is 9.81. The van der Waals surface area contributed by atoms with Crippen molar-refractivity contribution in [2.45, 2.75) is 32.4 Å². The van der Waals surface area contributed by atoms with Crippen LogP contribution in [0.3, 0.4) is 0 Å². The highest BCUT2D eigenvalue weighted by Crippen LogP contribution is 2.51. The molecule has 0 radical (unpaired) electrons. The Labute approximate surface area is 126 Å². The van der Waals surface area contributed by atoms with Gasteiger partial charge in [-0.1, -0.05) is 14.4 Å². The summed E-state index contributed by atoms with van der Waals surface area (Å²) >= 11 is 0. The predicted molar refractivity (Wildman–Crippen MR) is 85.0 cm³/mol. The number of anilines is 1. The number of ether oxygens (including phenoxy) is 1. The first kappa shape index (κ1) is 15.6. The second-order valence-electron chi connectivity index (χ2n) is 5.95. The van der Waals surface area contributed by atoms with Gasteiger partial charge in [0.15, 0.2) is 0 Å². The number of fused-ring (bicyclic) bond motifs is 3. The van der Waals surface area contributed by atoms with Crippen LogP contribution in [0, 0.1) is 0 Å². The Hall–Kier alpha value is -1.75. The average molecular weight is 291 g/mol. The largest absolute Gasteiger partial charge is 0.412 e. The van der Waals surface area contributed by atoms with E-state index in [-0.39, 0.29) is 12.8 Å². The summed E-state index contributed by atoms with van der Waals surface area (Å²) in [5.41, 5.74) is 2.60. The lowest BCUT2D eigenvalue weighted by Gasteiger charge is -2.32. The van der Waals surface area contributed by atoms with Crippen molar-refractivity contribution in [3.63, 3.8) is 0 Å². The van der Waals surface area contributed by atoms with Crippen molar-refractivity contribution in [3.05, 3.63) is 23.8 Å². The third kappa shape index (κ3) is 2.16. The van der Waals surface area contributed by atoms with Gasteiger partial charge >= 0.3 is 6.09 Å². The molecule has 0 aromatic heterocycles. The van der Waals surface area contributed by atoms with Crippen molar-refractivity contribution in [2.24, 2.45) is 0 Å². The van der Waals surface area contributed by atoms with E-state index in [2.05, 4.69) is 36.1 Å². The number of carbonyl (C=O) groups excluding carboxylic acids is 1. The van der Waals surface area contributed by atoms with E-state index in [4.69, 9.17) is 4.74 Å². The second-order valence-corrected chi connectivity index (χ2v) is 5.95. The number of hydrogen-bond donors (Lipinski definition) is 1. The molecule has 1 amide bonds. The van der Waals surface area contributed by atoms with Gasteiger partial charge < -0.3 is 15.0 Å². The molecule has 2 atom stereocenters. The van der Waals surface area contributed by atoms with Gasteiger partial charge in [0.05, 0.1) is 6.17 Å². The topological polar surface area (TPSA) is 44.8 Å². The zero-order valence-electron chi connectivity index (χ0n) is 12.4. The van der Waals surface area contributed by atoms with Gasteiger partial charge in [0.1, 0.15) is 5.75 Å². The average Bonchev–Trinajstić information content (AvgIpc) is 2.85. The lowest BCUT2D eigenvalue weighted by molar-refractivity contribution is 0.203. The molecule has 2 unspecified atom stereocenters. The van der Waals surface area contributed by atoms with Crippen LogP contribution >= 0.6 is 0 Å². The minimum Gasteiger partial charge on any atom is -0.410 e. The third-order valence-electron chi connectivity index (χ3n) is 4.72.